The van der Waals surface area contributed by atoms with E-state index in [0.29, 0.717) is 41.8 Å². The van der Waals surface area contributed by atoms with Crippen molar-refractivity contribution in [2.45, 2.75) is 13.5 Å². The lowest BCUT2D eigenvalue weighted by molar-refractivity contribution is 0.274. The van der Waals surface area contributed by atoms with Crippen LogP contribution in [0.2, 0.25) is 0 Å². The molecule has 1 N–H and O–H groups in total. The number of nitrogens with one attached hydrogen (secondary N) is 1. The third-order valence-electron chi connectivity index (χ3n) is 4.87. The highest BCUT2D eigenvalue weighted by Gasteiger charge is 2.13. The maximum absolute atomic E-state index is 6.10. The van der Waals surface area contributed by atoms with Gasteiger partial charge in [-0.25, -0.2) is 19.6 Å². The van der Waals surface area contributed by atoms with Gasteiger partial charge in [0.25, 0.3) is 0 Å². The monoisotopic (exact) mass is 416 g/mol. The average molecular weight is 416 g/mol. The molecule has 0 saturated carbocycles. The largest absolute Gasteiger partial charge is 0.493 e. The van der Waals surface area contributed by atoms with Gasteiger partial charge in [-0.15, -0.1) is 0 Å². The Balaban J connectivity index is 1.43. The number of aromatic nitrogens is 6. The van der Waals surface area contributed by atoms with Gasteiger partial charge in [-0.1, -0.05) is 0 Å². The minimum atomic E-state index is 0.412. The normalized spacial score (nSPS) is 11.2. The van der Waals surface area contributed by atoms with Crippen LogP contribution < -0.4 is 14.2 Å². The fourth-order valence-electron chi connectivity index (χ4n) is 3.42. The molecule has 0 aliphatic heterocycles. The topological polar surface area (TPSA) is 100.0 Å². The summed E-state index contributed by atoms with van der Waals surface area (Å²) >= 11 is 0. The van der Waals surface area contributed by atoms with Crippen LogP contribution in [0.25, 0.3) is 21.8 Å². The lowest BCUT2D eigenvalue weighted by Crippen LogP contribution is -2.09. The molecule has 0 amide bonds. The van der Waals surface area contributed by atoms with Gasteiger partial charge in [-0.05, 0) is 37.3 Å². The molecule has 0 saturated heterocycles. The van der Waals surface area contributed by atoms with Crippen LogP contribution in [0.5, 0.6) is 23.1 Å². The number of H-pyrrole nitrogens is 1. The summed E-state index contributed by atoms with van der Waals surface area (Å²) in [6.07, 6.45) is 4.61. The van der Waals surface area contributed by atoms with E-state index >= 15 is 0 Å². The van der Waals surface area contributed by atoms with E-state index in [1.807, 2.05) is 37.3 Å². The Kier molecular flexibility index (Phi) is 4.83. The van der Waals surface area contributed by atoms with Crippen molar-refractivity contribution in [3.63, 3.8) is 0 Å². The minimum absolute atomic E-state index is 0.412. The van der Waals surface area contributed by atoms with Crippen LogP contribution in [-0.4, -0.2) is 43.4 Å². The molecule has 31 heavy (non-hydrogen) atoms. The summed E-state index contributed by atoms with van der Waals surface area (Å²) in [6.45, 7) is 3.01. The molecule has 5 aromatic rings. The molecule has 9 heteroatoms. The van der Waals surface area contributed by atoms with Crippen molar-refractivity contribution in [1.82, 2.24) is 29.7 Å². The molecule has 0 aliphatic rings. The van der Waals surface area contributed by atoms with Gasteiger partial charge in [-0.2, -0.15) is 5.10 Å². The van der Waals surface area contributed by atoms with E-state index < -0.39 is 0 Å². The molecule has 0 atom stereocenters. The first-order chi connectivity index (χ1) is 15.2. The van der Waals surface area contributed by atoms with Crippen LogP contribution in [0.1, 0.15) is 5.69 Å². The molecule has 9 nitrogen and oxygen atoms in total. The maximum Gasteiger partial charge on any atom is 0.230 e. The van der Waals surface area contributed by atoms with Crippen LogP contribution in [0.4, 0.5) is 0 Å². The van der Waals surface area contributed by atoms with Crippen molar-refractivity contribution in [3.8, 4) is 23.1 Å². The molecular formula is C22H20N6O3. The summed E-state index contributed by atoms with van der Waals surface area (Å²) in [5, 5.41) is 5.87. The smallest absolute Gasteiger partial charge is 0.230 e. The molecule has 2 aromatic carbocycles. The zero-order valence-corrected chi connectivity index (χ0v) is 17.1. The Morgan fingerprint density at radius 1 is 1.03 bits per heavy atom. The first-order valence-corrected chi connectivity index (χ1v) is 9.75. The highest BCUT2D eigenvalue weighted by molar-refractivity contribution is 5.87. The minimum Gasteiger partial charge on any atom is -0.493 e. The molecular weight excluding hydrogens is 396 g/mol. The first-order valence-electron chi connectivity index (χ1n) is 9.75. The van der Waals surface area contributed by atoms with Gasteiger partial charge in [0.05, 0.1) is 24.6 Å². The Morgan fingerprint density at radius 3 is 2.81 bits per heavy atom. The van der Waals surface area contributed by atoms with Gasteiger partial charge >= 0.3 is 0 Å². The predicted octanol–water partition coefficient (Wildman–Crippen LogP) is 3.89. The van der Waals surface area contributed by atoms with E-state index in [2.05, 4.69) is 31.1 Å². The van der Waals surface area contributed by atoms with Crippen LogP contribution in [0, 0.1) is 6.92 Å². The van der Waals surface area contributed by atoms with E-state index in [0.717, 1.165) is 22.0 Å². The summed E-state index contributed by atoms with van der Waals surface area (Å²) in [5.74, 6) is 2.30. The van der Waals surface area contributed by atoms with Crippen molar-refractivity contribution in [1.29, 1.82) is 0 Å². The third kappa shape index (κ3) is 3.85. The number of fused-ring (bicyclic) bond motifs is 2. The van der Waals surface area contributed by atoms with Crippen LogP contribution in [0.3, 0.4) is 0 Å². The second-order valence-electron chi connectivity index (χ2n) is 7.01. The van der Waals surface area contributed by atoms with Crippen LogP contribution in [0.15, 0.2) is 55.4 Å². The molecule has 0 spiro atoms. The van der Waals surface area contributed by atoms with Gasteiger partial charge in [0.2, 0.25) is 5.88 Å². The molecule has 156 valence electrons. The van der Waals surface area contributed by atoms with E-state index in [-0.39, 0.29) is 0 Å². The fraction of sp³-hybridized carbons (Fsp3) is 0.182. The highest BCUT2D eigenvalue weighted by Crippen LogP contribution is 2.36. The van der Waals surface area contributed by atoms with Crippen LogP contribution >= 0.6 is 0 Å². The fourth-order valence-corrected chi connectivity index (χ4v) is 3.42. The van der Waals surface area contributed by atoms with Crippen molar-refractivity contribution in [2.24, 2.45) is 0 Å². The van der Waals surface area contributed by atoms with E-state index in [1.54, 1.807) is 18.1 Å². The third-order valence-corrected chi connectivity index (χ3v) is 4.87. The number of nitrogens with zero attached hydrogens (tertiary/aromatic N) is 5. The van der Waals surface area contributed by atoms with Crippen molar-refractivity contribution < 1.29 is 14.2 Å². The summed E-state index contributed by atoms with van der Waals surface area (Å²) < 4.78 is 19.2. The van der Waals surface area contributed by atoms with E-state index in [4.69, 9.17) is 14.2 Å². The quantitative estimate of drug-likeness (QED) is 0.430. The van der Waals surface area contributed by atoms with Gasteiger partial charge < -0.3 is 19.2 Å². The summed E-state index contributed by atoms with van der Waals surface area (Å²) in [7, 11) is 1.60. The number of aromatic amines is 1. The van der Waals surface area contributed by atoms with Gasteiger partial charge in [0.15, 0.2) is 11.5 Å². The van der Waals surface area contributed by atoms with Crippen molar-refractivity contribution in [2.75, 3.05) is 13.7 Å². The standard InChI is InChI=1S/C22H20N6O3/c1-14-7-15-8-16(3-4-18(15)27-14)31-22-17-9-20(29-2)21(10-19(17)24-12-25-22)30-6-5-28-13-23-11-26-28/h3-4,7-13,27H,5-6H2,1-2H3. The second kappa shape index (κ2) is 7.94. The van der Waals surface area contributed by atoms with Gasteiger partial charge in [-0.3, -0.25) is 0 Å². The van der Waals surface area contributed by atoms with E-state index in [1.165, 1.54) is 12.7 Å². The van der Waals surface area contributed by atoms with Gasteiger partial charge in [0.1, 0.15) is 31.3 Å². The van der Waals surface area contributed by atoms with E-state index in [9.17, 15) is 0 Å². The Labute approximate surface area is 177 Å². The van der Waals surface area contributed by atoms with Crippen LogP contribution in [-0.2, 0) is 6.54 Å². The molecule has 0 radical (unpaired) electrons. The number of hydrogen-bond donors (Lipinski definition) is 1. The molecule has 5 rings (SSSR count). The van der Waals surface area contributed by atoms with Crippen molar-refractivity contribution >= 4 is 21.8 Å². The number of ether oxygens (including phenoxy) is 3. The summed E-state index contributed by atoms with van der Waals surface area (Å²) in [6, 6.07) is 11.6. The molecule has 3 aromatic heterocycles. The average Bonchev–Trinajstić information content (AvgIpc) is 3.42. The Morgan fingerprint density at radius 2 is 1.97 bits per heavy atom. The summed E-state index contributed by atoms with van der Waals surface area (Å²) in [5.41, 5.74) is 2.85. The van der Waals surface area contributed by atoms with Crippen molar-refractivity contribution in [3.05, 3.63) is 61.1 Å². The van der Waals surface area contributed by atoms with Gasteiger partial charge in [0, 0.05) is 22.7 Å². The first kappa shape index (κ1) is 18.9. The number of methoxy groups -OCH3 is 1. The zero-order valence-electron chi connectivity index (χ0n) is 17.1. The summed E-state index contributed by atoms with van der Waals surface area (Å²) in [4.78, 5) is 15.9. The highest BCUT2D eigenvalue weighted by atomic mass is 16.5. The molecule has 3 heterocycles. The Hall–Kier alpha value is -4.14. The lowest BCUT2D eigenvalue weighted by atomic mass is 10.2. The maximum atomic E-state index is 6.10. The number of benzene rings is 2. The SMILES string of the molecule is COc1cc2c(Oc3ccc4[nH]c(C)cc4c3)ncnc2cc1OCCn1cncn1. The lowest BCUT2D eigenvalue weighted by Gasteiger charge is -2.13. The molecule has 0 aliphatic carbocycles. The predicted molar refractivity (Wildman–Crippen MR) is 115 cm³/mol. The molecule has 0 unspecified atom stereocenters. The zero-order chi connectivity index (χ0) is 21.2. The molecule has 0 fully saturated rings. The number of hydrogen-bond acceptors (Lipinski definition) is 7. The second-order valence-corrected chi connectivity index (χ2v) is 7.01. The number of rotatable bonds is 7. The number of aryl methyl sites for hydroxylation is 1. The Bertz CT molecular complexity index is 1350. The molecule has 0 bridgehead atoms.